The van der Waals surface area contributed by atoms with Gasteiger partial charge in [0.15, 0.2) is 0 Å². The average Bonchev–Trinajstić information content (AvgIpc) is 2.96. The zero-order valence-electron chi connectivity index (χ0n) is 11.5. The van der Waals surface area contributed by atoms with Crippen molar-refractivity contribution >= 4 is 27.5 Å². The lowest BCUT2D eigenvalue weighted by Gasteiger charge is -2.38. The average molecular weight is 297 g/mol. The van der Waals surface area contributed by atoms with Crippen LogP contribution in [0.25, 0.3) is 10.1 Å². The SMILES string of the molecule is O=C(c1nsc2ccccc12)N1C2=CN3CCC2CC1C3. The molecule has 1 amide bonds. The summed E-state index contributed by atoms with van der Waals surface area (Å²) in [6, 6.07) is 8.34. The molecule has 2 unspecified atom stereocenters. The summed E-state index contributed by atoms with van der Waals surface area (Å²) in [4.78, 5) is 17.4. The first kappa shape index (κ1) is 11.7. The molecule has 1 fully saturated rings. The second kappa shape index (κ2) is 4.07. The Hall–Kier alpha value is -1.88. The van der Waals surface area contributed by atoms with Crippen LogP contribution in [-0.2, 0) is 0 Å². The molecule has 4 nitrogen and oxygen atoms in total. The third kappa shape index (κ3) is 1.55. The first-order valence-corrected chi connectivity index (χ1v) is 8.22. The van der Waals surface area contributed by atoms with Gasteiger partial charge in [0.1, 0.15) is 5.69 Å². The maximum atomic E-state index is 13.0. The highest BCUT2D eigenvalue weighted by Gasteiger charge is 2.46. The summed E-state index contributed by atoms with van der Waals surface area (Å²) in [6.07, 6.45) is 4.50. The summed E-state index contributed by atoms with van der Waals surface area (Å²) >= 11 is 1.42. The van der Waals surface area contributed by atoms with Gasteiger partial charge in [-0.3, -0.25) is 4.79 Å². The van der Waals surface area contributed by atoms with Crippen LogP contribution in [-0.4, -0.2) is 39.2 Å². The number of benzene rings is 1. The highest BCUT2D eigenvalue weighted by molar-refractivity contribution is 7.13. The van der Waals surface area contributed by atoms with Gasteiger partial charge in [0.25, 0.3) is 5.91 Å². The van der Waals surface area contributed by atoms with Gasteiger partial charge >= 0.3 is 0 Å². The molecule has 0 spiro atoms. The Morgan fingerprint density at radius 3 is 3.19 bits per heavy atom. The molecule has 4 heterocycles. The molecule has 0 N–H and O–H groups in total. The predicted molar refractivity (Wildman–Crippen MR) is 82.0 cm³/mol. The Morgan fingerprint density at radius 2 is 2.24 bits per heavy atom. The number of amides is 1. The number of hydrogen-bond acceptors (Lipinski definition) is 4. The number of hydrogen-bond donors (Lipinski definition) is 0. The molecule has 3 aliphatic heterocycles. The maximum Gasteiger partial charge on any atom is 0.278 e. The van der Waals surface area contributed by atoms with E-state index in [0.717, 1.165) is 29.6 Å². The van der Waals surface area contributed by atoms with Crippen LogP contribution in [0, 0.1) is 5.92 Å². The van der Waals surface area contributed by atoms with Crippen molar-refractivity contribution in [1.29, 1.82) is 0 Å². The van der Waals surface area contributed by atoms with E-state index in [-0.39, 0.29) is 5.91 Å². The van der Waals surface area contributed by atoms with E-state index in [1.807, 2.05) is 29.2 Å². The lowest BCUT2D eigenvalue weighted by molar-refractivity contribution is 0.0718. The van der Waals surface area contributed by atoms with Gasteiger partial charge in [0, 0.05) is 36.3 Å². The smallest absolute Gasteiger partial charge is 0.278 e. The molecule has 21 heavy (non-hydrogen) atoms. The van der Waals surface area contributed by atoms with Gasteiger partial charge in [-0.25, -0.2) is 0 Å². The van der Waals surface area contributed by atoms with Crippen LogP contribution in [0.2, 0.25) is 0 Å². The normalized spacial score (nSPS) is 26.6. The van der Waals surface area contributed by atoms with Crippen LogP contribution in [0.3, 0.4) is 0 Å². The van der Waals surface area contributed by atoms with E-state index in [1.165, 1.54) is 23.7 Å². The molecule has 3 aliphatic rings. The Kier molecular flexibility index (Phi) is 2.28. The van der Waals surface area contributed by atoms with E-state index in [1.54, 1.807) is 0 Å². The minimum atomic E-state index is 0.0905. The Bertz CT molecular complexity index is 779. The van der Waals surface area contributed by atoms with Crippen molar-refractivity contribution in [3.8, 4) is 0 Å². The number of fused-ring (bicyclic) bond motifs is 3. The fourth-order valence-corrected chi connectivity index (χ4v) is 4.75. The fourth-order valence-electron chi connectivity index (χ4n) is 3.98. The van der Waals surface area contributed by atoms with Crippen LogP contribution in [0.4, 0.5) is 0 Å². The van der Waals surface area contributed by atoms with Crippen molar-refractivity contribution in [3.63, 3.8) is 0 Å². The number of carbonyl (C=O) groups excluding carboxylic acids is 1. The lowest BCUT2D eigenvalue weighted by Crippen LogP contribution is -2.46. The standard InChI is InChI=1S/C16H15N3OS/c20-16(15-12-3-1-2-4-14(12)21-17-15)19-11-7-10-5-6-18(8-11)9-13(10)19/h1-4,9-11H,5-8H2. The lowest BCUT2D eigenvalue weighted by atomic mass is 9.99. The van der Waals surface area contributed by atoms with E-state index in [0.29, 0.717) is 17.7 Å². The molecule has 2 atom stereocenters. The van der Waals surface area contributed by atoms with Gasteiger partial charge in [-0.2, -0.15) is 4.37 Å². The van der Waals surface area contributed by atoms with Crippen molar-refractivity contribution < 1.29 is 4.79 Å². The summed E-state index contributed by atoms with van der Waals surface area (Å²) in [7, 11) is 0. The fraction of sp³-hybridized carbons (Fsp3) is 0.375. The van der Waals surface area contributed by atoms with Crippen LogP contribution in [0.5, 0.6) is 0 Å². The van der Waals surface area contributed by atoms with E-state index in [4.69, 9.17) is 0 Å². The first-order chi connectivity index (χ1) is 10.3. The third-order valence-corrected chi connectivity index (χ3v) is 5.77. The molecular formula is C16H15N3OS. The number of aromatic nitrogens is 1. The largest absolute Gasteiger partial charge is 0.374 e. The van der Waals surface area contributed by atoms with Gasteiger partial charge in [-0.1, -0.05) is 18.2 Å². The number of allylic oxidation sites excluding steroid dienone is 1. The molecule has 106 valence electrons. The second-order valence-corrected chi connectivity index (χ2v) is 6.93. The molecule has 0 aliphatic carbocycles. The van der Waals surface area contributed by atoms with Crippen LogP contribution < -0.4 is 0 Å². The summed E-state index contributed by atoms with van der Waals surface area (Å²) in [5.74, 6) is 0.662. The Balaban J connectivity index is 1.60. The van der Waals surface area contributed by atoms with Crippen molar-refractivity contribution in [2.24, 2.45) is 5.92 Å². The third-order valence-electron chi connectivity index (χ3n) is 4.94. The minimum absolute atomic E-state index is 0.0905. The summed E-state index contributed by atoms with van der Waals surface area (Å²) in [5.41, 5.74) is 1.85. The Labute approximate surface area is 126 Å². The quantitative estimate of drug-likeness (QED) is 0.812. The number of rotatable bonds is 1. The molecule has 0 saturated carbocycles. The van der Waals surface area contributed by atoms with Crippen molar-refractivity contribution in [1.82, 2.24) is 14.2 Å². The zero-order chi connectivity index (χ0) is 14.0. The summed E-state index contributed by atoms with van der Waals surface area (Å²) in [5, 5.41) is 0.989. The molecular weight excluding hydrogens is 282 g/mol. The molecule has 1 aromatic carbocycles. The predicted octanol–water partition coefficient (Wildman–Crippen LogP) is 2.69. The van der Waals surface area contributed by atoms with E-state index in [9.17, 15) is 4.79 Å². The topological polar surface area (TPSA) is 36.4 Å². The highest BCUT2D eigenvalue weighted by Crippen LogP contribution is 2.43. The molecule has 0 radical (unpaired) electrons. The molecule has 1 aromatic heterocycles. The van der Waals surface area contributed by atoms with Crippen molar-refractivity contribution in [2.45, 2.75) is 18.9 Å². The van der Waals surface area contributed by atoms with Gasteiger partial charge in [-0.05, 0) is 30.4 Å². The monoisotopic (exact) mass is 297 g/mol. The zero-order valence-corrected chi connectivity index (χ0v) is 12.3. The summed E-state index contributed by atoms with van der Waals surface area (Å²) in [6.45, 7) is 2.13. The van der Waals surface area contributed by atoms with E-state index < -0.39 is 0 Å². The highest BCUT2D eigenvalue weighted by atomic mass is 32.1. The van der Waals surface area contributed by atoms with Crippen molar-refractivity contribution in [3.05, 3.63) is 41.9 Å². The van der Waals surface area contributed by atoms with Crippen LogP contribution in [0.15, 0.2) is 36.2 Å². The first-order valence-electron chi connectivity index (χ1n) is 7.45. The Morgan fingerprint density at radius 1 is 1.33 bits per heavy atom. The molecule has 2 aromatic rings. The van der Waals surface area contributed by atoms with Gasteiger partial charge in [0.2, 0.25) is 0 Å². The van der Waals surface area contributed by atoms with Crippen LogP contribution in [0.1, 0.15) is 23.3 Å². The molecule has 1 saturated heterocycles. The minimum Gasteiger partial charge on any atom is -0.374 e. The van der Waals surface area contributed by atoms with Gasteiger partial charge in [0.05, 0.1) is 10.7 Å². The van der Waals surface area contributed by atoms with Crippen LogP contribution >= 0.6 is 11.5 Å². The molecule has 5 heteroatoms. The molecule has 3 bridgehead atoms. The molecule has 5 rings (SSSR count). The second-order valence-electron chi connectivity index (χ2n) is 6.13. The van der Waals surface area contributed by atoms with Gasteiger partial charge in [-0.15, -0.1) is 0 Å². The summed E-state index contributed by atoms with van der Waals surface area (Å²) < 4.78 is 5.53. The number of carbonyl (C=O) groups is 1. The van der Waals surface area contributed by atoms with E-state index in [2.05, 4.69) is 15.5 Å². The number of nitrogens with zero attached hydrogens (tertiary/aromatic N) is 3. The van der Waals surface area contributed by atoms with Gasteiger partial charge < -0.3 is 9.80 Å². The maximum absolute atomic E-state index is 13.0. The van der Waals surface area contributed by atoms with E-state index >= 15 is 0 Å². The van der Waals surface area contributed by atoms with Crippen molar-refractivity contribution in [2.75, 3.05) is 13.1 Å².